The van der Waals surface area contributed by atoms with Gasteiger partial charge in [-0.15, -0.1) is 0 Å². The van der Waals surface area contributed by atoms with E-state index in [2.05, 4.69) is 38.8 Å². The summed E-state index contributed by atoms with van der Waals surface area (Å²) >= 11 is 3.43. The lowest BCUT2D eigenvalue weighted by atomic mass is 10.1. The van der Waals surface area contributed by atoms with Crippen LogP contribution in [0.3, 0.4) is 0 Å². The Bertz CT molecular complexity index is 370. The fourth-order valence-electron chi connectivity index (χ4n) is 2.31. The third kappa shape index (κ3) is 2.55. The van der Waals surface area contributed by atoms with E-state index in [9.17, 15) is 0 Å². The Morgan fingerprint density at radius 1 is 1.62 bits per heavy atom. The van der Waals surface area contributed by atoms with E-state index in [1.165, 1.54) is 5.56 Å². The molecule has 0 aromatic carbocycles. The highest BCUT2D eigenvalue weighted by atomic mass is 79.9. The number of aliphatic hydroxyl groups is 1. The van der Waals surface area contributed by atoms with Gasteiger partial charge in [0.2, 0.25) is 0 Å². The van der Waals surface area contributed by atoms with Crippen LogP contribution in [0, 0.1) is 12.8 Å². The zero-order valence-electron chi connectivity index (χ0n) is 9.49. The molecule has 0 saturated carbocycles. The molecule has 1 fully saturated rings. The number of halogens is 1. The van der Waals surface area contributed by atoms with Crippen molar-refractivity contribution in [2.24, 2.45) is 5.92 Å². The van der Waals surface area contributed by atoms with Gasteiger partial charge in [0.1, 0.15) is 5.82 Å². The van der Waals surface area contributed by atoms with E-state index in [1.807, 2.05) is 6.20 Å². The number of nitrogens with zero attached hydrogens (tertiary/aromatic N) is 2. The lowest BCUT2D eigenvalue weighted by molar-refractivity contribution is 0.263. The fraction of sp³-hybridized carbons (Fsp3) is 0.583. The molecular weight excluding hydrogens is 268 g/mol. The summed E-state index contributed by atoms with van der Waals surface area (Å²) in [6.07, 6.45) is 3.92. The lowest BCUT2D eigenvalue weighted by Gasteiger charge is -2.19. The van der Waals surface area contributed by atoms with Crippen LogP contribution in [0.25, 0.3) is 0 Å². The Labute approximate surface area is 105 Å². The second-order valence-corrected chi connectivity index (χ2v) is 5.32. The maximum Gasteiger partial charge on any atom is 0.131 e. The minimum absolute atomic E-state index is 0.297. The van der Waals surface area contributed by atoms with Gasteiger partial charge in [0.25, 0.3) is 0 Å². The molecule has 0 radical (unpaired) electrons. The third-order valence-electron chi connectivity index (χ3n) is 3.14. The zero-order valence-corrected chi connectivity index (χ0v) is 11.1. The van der Waals surface area contributed by atoms with Gasteiger partial charge in [-0.3, -0.25) is 0 Å². The molecule has 88 valence electrons. The molecule has 4 heteroatoms. The smallest absolute Gasteiger partial charge is 0.131 e. The van der Waals surface area contributed by atoms with Gasteiger partial charge in [-0.05, 0) is 53.2 Å². The number of aromatic nitrogens is 1. The standard InChI is InChI=1S/C12H17BrN2O/c1-9-6-11(13)7-14-12(9)15-4-2-10(8-15)3-5-16/h6-7,10,16H,2-5,8H2,1H3. The molecule has 0 bridgehead atoms. The van der Waals surface area contributed by atoms with Crippen LogP contribution in [0.4, 0.5) is 5.82 Å². The van der Waals surface area contributed by atoms with Crippen LogP contribution in [0.5, 0.6) is 0 Å². The highest BCUT2D eigenvalue weighted by Crippen LogP contribution is 2.27. The van der Waals surface area contributed by atoms with Gasteiger partial charge in [-0.2, -0.15) is 0 Å². The minimum atomic E-state index is 0.297. The van der Waals surface area contributed by atoms with Gasteiger partial charge < -0.3 is 10.0 Å². The van der Waals surface area contributed by atoms with E-state index in [0.717, 1.165) is 36.2 Å². The molecule has 1 aromatic rings. The first-order chi connectivity index (χ1) is 7.70. The number of anilines is 1. The van der Waals surface area contributed by atoms with Crippen LogP contribution in [-0.4, -0.2) is 29.8 Å². The summed E-state index contributed by atoms with van der Waals surface area (Å²) in [5.41, 5.74) is 1.21. The van der Waals surface area contributed by atoms with Crippen molar-refractivity contribution in [2.75, 3.05) is 24.6 Å². The largest absolute Gasteiger partial charge is 0.396 e. The van der Waals surface area contributed by atoms with Crippen molar-refractivity contribution in [1.29, 1.82) is 0 Å². The zero-order chi connectivity index (χ0) is 11.5. The monoisotopic (exact) mass is 284 g/mol. The first-order valence-electron chi connectivity index (χ1n) is 5.68. The SMILES string of the molecule is Cc1cc(Br)cnc1N1CCC(CCO)C1. The fourth-order valence-corrected chi connectivity index (χ4v) is 2.75. The quantitative estimate of drug-likeness (QED) is 0.926. The molecular formula is C12H17BrN2O. The van der Waals surface area contributed by atoms with Crippen molar-refractivity contribution in [2.45, 2.75) is 19.8 Å². The molecule has 0 amide bonds. The molecule has 2 heterocycles. The van der Waals surface area contributed by atoms with Crippen molar-refractivity contribution < 1.29 is 5.11 Å². The molecule has 2 rings (SSSR count). The van der Waals surface area contributed by atoms with Crippen LogP contribution in [0.1, 0.15) is 18.4 Å². The summed E-state index contributed by atoms with van der Waals surface area (Å²) < 4.78 is 1.03. The predicted octanol–water partition coefficient (Wildman–Crippen LogP) is 2.36. The Hall–Kier alpha value is -0.610. The van der Waals surface area contributed by atoms with E-state index in [-0.39, 0.29) is 0 Å². The van der Waals surface area contributed by atoms with Gasteiger partial charge in [0.15, 0.2) is 0 Å². The van der Waals surface area contributed by atoms with Crippen LogP contribution in [0.2, 0.25) is 0 Å². The van der Waals surface area contributed by atoms with Crippen molar-refractivity contribution in [3.63, 3.8) is 0 Å². The van der Waals surface area contributed by atoms with Gasteiger partial charge >= 0.3 is 0 Å². The molecule has 1 aliphatic heterocycles. The number of hydrogen-bond acceptors (Lipinski definition) is 3. The van der Waals surface area contributed by atoms with Gasteiger partial charge in [0.05, 0.1) is 0 Å². The van der Waals surface area contributed by atoms with Crippen molar-refractivity contribution in [3.8, 4) is 0 Å². The molecule has 1 aliphatic rings. The maximum absolute atomic E-state index is 8.93. The Kier molecular flexibility index (Phi) is 3.82. The topological polar surface area (TPSA) is 36.4 Å². The number of pyridine rings is 1. The molecule has 1 unspecified atom stereocenters. The Morgan fingerprint density at radius 3 is 3.12 bits per heavy atom. The van der Waals surface area contributed by atoms with E-state index >= 15 is 0 Å². The van der Waals surface area contributed by atoms with Gasteiger partial charge in [-0.1, -0.05) is 0 Å². The maximum atomic E-state index is 8.93. The summed E-state index contributed by atoms with van der Waals surface area (Å²) in [4.78, 5) is 6.79. The summed E-state index contributed by atoms with van der Waals surface area (Å²) in [5.74, 6) is 1.71. The van der Waals surface area contributed by atoms with Crippen LogP contribution in [0.15, 0.2) is 16.7 Å². The molecule has 0 aliphatic carbocycles. The number of aryl methyl sites for hydroxylation is 1. The minimum Gasteiger partial charge on any atom is -0.396 e. The van der Waals surface area contributed by atoms with Gasteiger partial charge in [-0.25, -0.2) is 4.98 Å². The van der Waals surface area contributed by atoms with E-state index in [1.54, 1.807) is 0 Å². The molecule has 3 nitrogen and oxygen atoms in total. The van der Waals surface area contributed by atoms with Crippen LogP contribution in [-0.2, 0) is 0 Å². The Morgan fingerprint density at radius 2 is 2.44 bits per heavy atom. The average Bonchev–Trinajstić information content (AvgIpc) is 2.67. The summed E-state index contributed by atoms with van der Waals surface area (Å²) in [6.45, 7) is 4.47. The molecule has 1 aromatic heterocycles. The number of aliphatic hydroxyl groups excluding tert-OH is 1. The average molecular weight is 285 g/mol. The van der Waals surface area contributed by atoms with E-state index < -0.39 is 0 Å². The van der Waals surface area contributed by atoms with Crippen molar-refractivity contribution in [3.05, 3.63) is 22.3 Å². The molecule has 0 spiro atoms. The normalized spacial score (nSPS) is 20.4. The summed E-state index contributed by atoms with van der Waals surface area (Å²) in [5, 5.41) is 8.93. The summed E-state index contributed by atoms with van der Waals surface area (Å²) in [7, 11) is 0. The van der Waals surface area contributed by atoms with E-state index in [0.29, 0.717) is 12.5 Å². The molecule has 1 saturated heterocycles. The lowest BCUT2D eigenvalue weighted by Crippen LogP contribution is -2.22. The van der Waals surface area contributed by atoms with Crippen LogP contribution >= 0.6 is 15.9 Å². The van der Waals surface area contributed by atoms with Crippen molar-refractivity contribution >= 4 is 21.7 Å². The highest BCUT2D eigenvalue weighted by molar-refractivity contribution is 9.10. The second-order valence-electron chi connectivity index (χ2n) is 4.41. The first kappa shape index (κ1) is 11.9. The molecule has 16 heavy (non-hydrogen) atoms. The Balaban J connectivity index is 2.08. The highest BCUT2D eigenvalue weighted by Gasteiger charge is 2.23. The number of rotatable bonds is 3. The third-order valence-corrected chi connectivity index (χ3v) is 3.57. The molecule has 1 atom stereocenters. The van der Waals surface area contributed by atoms with Crippen molar-refractivity contribution in [1.82, 2.24) is 4.98 Å². The van der Waals surface area contributed by atoms with Gasteiger partial charge in [0, 0.05) is 30.4 Å². The predicted molar refractivity (Wildman–Crippen MR) is 68.7 cm³/mol. The molecule has 1 N–H and O–H groups in total. The number of hydrogen-bond donors (Lipinski definition) is 1. The first-order valence-corrected chi connectivity index (χ1v) is 6.48. The van der Waals surface area contributed by atoms with E-state index in [4.69, 9.17) is 5.11 Å². The second kappa shape index (κ2) is 5.15. The van der Waals surface area contributed by atoms with Crippen LogP contribution < -0.4 is 4.90 Å². The summed E-state index contributed by atoms with van der Waals surface area (Å²) in [6, 6.07) is 2.10.